The summed E-state index contributed by atoms with van der Waals surface area (Å²) in [6, 6.07) is 4.96. The lowest BCUT2D eigenvalue weighted by atomic mass is 10.1. The maximum absolute atomic E-state index is 10.6. The third kappa shape index (κ3) is 2.11. The molecule has 5 heteroatoms. The maximum atomic E-state index is 10.6. The van der Waals surface area contributed by atoms with Crippen molar-refractivity contribution in [2.75, 3.05) is 0 Å². The largest absolute Gasteiger partial charge is 0.278 e. The smallest absolute Gasteiger partial charge is 0.258 e. The molecule has 0 aliphatic rings. The molecule has 13 heavy (non-hydrogen) atoms. The molecule has 0 aromatic heterocycles. The van der Waals surface area contributed by atoms with E-state index in [0.29, 0.717) is 11.1 Å². The lowest BCUT2D eigenvalue weighted by Crippen LogP contribution is -1.97. The van der Waals surface area contributed by atoms with Crippen LogP contribution in [0.4, 0.5) is 5.69 Å². The van der Waals surface area contributed by atoms with E-state index in [0.717, 1.165) is 0 Å². The van der Waals surface area contributed by atoms with Crippen LogP contribution in [0.3, 0.4) is 0 Å². The summed E-state index contributed by atoms with van der Waals surface area (Å²) in [6.45, 7) is 0. The van der Waals surface area contributed by atoms with Crippen molar-refractivity contribution in [1.82, 2.24) is 0 Å². The molecule has 1 aromatic carbocycles. The van der Waals surface area contributed by atoms with Crippen LogP contribution in [0.5, 0.6) is 0 Å². The monoisotopic (exact) mass is 219 g/mol. The van der Waals surface area contributed by atoms with Crippen molar-refractivity contribution in [2.45, 2.75) is 11.8 Å². The van der Waals surface area contributed by atoms with Crippen LogP contribution in [0.15, 0.2) is 18.2 Å². The van der Waals surface area contributed by atoms with Gasteiger partial charge in [-0.05, 0) is 0 Å². The first-order valence-corrected chi connectivity index (χ1v) is 4.64. The van der Waals surface area contributed by atoms with Gasteiger partial charge in [0.1, 0.15) is 0 Å². The molecule has 0 fully saturated rings. The normalized spacial score (nSPS) is 10.0. The highest BCUT2D eigenvalue weighted by molar-refractivity contribution is 6.18. The molecule has 0 saturated carbocycles. The van der Waals surface area contributed by atoms with Crippen LogP contribution in [-0.4, -0.2) is 4.92 Å². The van der Waals surface area contributed by atoms with Crippen molar-refractivity contribution in [3.05, 3.63) is 39.4 Å². The minimum Gasteiger partial charge on any atom is -0.258 e. The van der Waals surface area contributed by atoms with Crippen LogP contribution >= 0.6 is 23.2 Å². The lowest BCUT2D eigenvalue weighted by molar-refractivity contribution is -0.386. The second-order valence-electron chi connectivity index (χ2n) is 2.45. The minimum atomic E-state index is -0.449. The summed E-state index contributed by atoms with van der Waals surface area (Å²) in [5.74, 6) is 0.252. The zero-order chi connectivity index (χ0) is 9.84. The molecule has 0 bridgehead atoms. The van der Waals surface area contributed by atoms with Crippen molar-refractivity contribution >= 4 is 28.9 Å². The summed E-state index contributed by atoms with van der Waals surface area (Å²) in [5, 5.41) is 10.6. The van der Waals surface area contributed by atoms with Gasteiger partial charge in [-0.15, -0.1) is 23.2 Å². The standard InChI is InChI=1S/C8H7Cl2NO2/c9-4-6-2-1-3-7(5-10)8(6)11(12)13/h1-3H,4-5H2. The van der Waals surface area contributed by atoms with E-state index in [4.69, 9.17) is 23.2 Å². The van der Waals surface area contributed by atoms with E-state index in [9.17, 15) is 10.1 Å². The average Bonchev–Trinajstić information content (AvgIpc) is 2.16. The van der Waals surface area contributed by atoms with E-state index in [-0.39, 0.29) is 17.4 Å². The fourth-order valence-corrected chi connectivity index (χ4v) is 1.53. The molecule has 3 nitrogen and oxygen atoms in total. The van der Waals surface area contributed by atoms with Crippen LogP contribution in [0.25, 0.3) is 0 Å². The van der Waals surface area contributed by atoms with Crippen molar-refractivity contribution in [3.8, 4) is 0 Å². The van der Waals surface area contributed by atoms with Crippen molar-refractivity contribution in [2.24, 2.45) is 0 Å². The van der Waals surface area contributed by atoms with Gasteiger partial charge in [0, 0.05) is 11.1 Å². The lowest BCUT2D eigenvalue weighted by Gasteiger charge is -2.02. The number of halogens is 2. The average molecular weight is 220 g/mol. The second-order valence-corrected chi connectivity index (χ2v) is 2.98. The van der Waals surface area contributed by atoms with Crippen LogP contribution in [0.2, 0.25) is 0 Å². The number of rotatable bonds is 3. The Morgan fingerprint density at radius 2 is 1.69 bits per heavy atom. The number of nitro groups is 1. The van der Waals surface area contributed by atoms with Crippen molar-refractivity contribution < 1.29 is 4.92 Å². The van der Waals surface area contributed by atoms with Gasteiger partial charge in [-0.3, -0.25) is 10.1 Å². The Balaban J connectivity index is 3.29. The van der Waals surface area contributed by atoms with Gasteiger partial charge in [-0.2, -0.15) is 0 Å². The molecule has 0 heterocycles. The van der Waals surface area contributed by atoms with Crippen molar-refractivity contribution in [3.63, 3.8) is 0 Å². The van der Waals surface area contributed by atoms with Crippen LogP contribution in [-0.2, 0) is 11.8 Å². The Bertz CT molecular complexity index is 306. The number of hydrogen-bond donors (Lipinski definition) is 0. The zero-order valence-electron chi connectivity index (χ0n) is 6.67. The first kappa shape index (κ1) is 10.3. The SMILES string of the molecule is O=[N+]([O-])c1c(CCl)cccc1CCl. The summed E-state index contributed by atoms with van der Waals surface area (Å²) in [5.41, 5.74) is 1.04. The Morgan fingerprint density at radius 3 is 2.00 bits per heavy atom. The van der Waals surface area contributed by atoms with Crippen LogP contribution < -0.4 is 0 Å². The molecule has 0 saturated heterocycles. The van der Waals surface area contributed by atoms with Gasteiger partial charge < -0.3 is 0 Å². The molecular formula is C8H7Cl2NO2. The molecule has 0 N–H and O–H groups in total. The van der Waals surface area contributed by atoms with E-state index in [1.54, 1.807) is 18.2 Å². The Labute approximate surface area is 85.4 Å². The molecule has 0 unspecified atom stereocenters. The molecule has 0 aliphatic heterocycles. The number of hydrogen-bond acceptors (Lipinski definition) is 2. The molecule has 0 amide bonds. The van der Waals surface area contributed by atoms with Crippen LogP contribution in [0, 0.1) is 10.1 Å². The summed E-state index contributed by atoms with van der Waals surface area (Å²) < 4.78 is 0. The van der Waals surface area contributed by atoms with E-state index in [1.165, 1.54) is 0 Å². The molecule has 0 aliphatic carbocycles. The quantitative estimate of drug-likeness (QED) is 0.446. The number of para-hydroxylation sites is 1. The summed E-state index contributed by atoms with van der Waals surface area (Å²) in [6.07, 6.45) is 0. The van der Waals surface area contributed by atoms with Gasteiger partial charge in [0.25, 0.3) is 5.69 Å². The van der Waals surface area contributed by atoms with Crippen LogP contribution in [0.1, 0.15) is 11.1 Å². The highest BCUT2D eigenvalue weighted by Gasteiger charge is 2.17. The highest BCUT2D eigenvalue weighted by atomic mass is 35.5. The predicted octanol–water partition coefficient (Wildman–Crippen LogP) is 3.07. The molecule has 1 rings (SSSR count). The fraction of sp³-hybridized carbons (Fsp3) is 0.250. The van der Waals surface area contributed by atoms with Gasteiger partial charge in [-0.25, -0.2) is 0 Å². The van der Waals surface area contributed by atoms with E-state index >= 15 is 0 Å². The molecule has 0 radical (unpaired) electrons. The Hall–Kier alpha value is -0.800. The number of nitro benzene ring substituents is 1. The van der Waals surface area contributed by atoms with Gasteiger partial charge in [0.15, 0.2) is 0 Å². The minimum absolute atomic E-state index is 0.0347. The topological polar surface area (TPSA) is 43.1 Å². The molecule has 0 atom stereocenters. The predicted molar refractivity (Wildman–Crippen MR) is 52.2 cm³/mol. The third-order valence-corrected chi connectivity index (χ3v) is 2.25. The van der Waals surface area contributed by atoms with E-state index < -0.39 is 4.92 Å². The van der Waals surface area contributed by atoms with E-state index in [2.05, 4.69) is 0 Å². The Morgan fingerprint density at radius 1 is 1.23 bits per heavy atom. The van der Waals surface area contributed by atoms with E-state index in [1.807, 2.05) is 0 Å². The molecule has 0 spiro atoms. The fourth-order valence-electron chi connectivity index (χ4n) is 1.09. The first-order chi connectivity index (χ1) is 6.20. The zero-order valence-corrected chi connectivity index (χ0v) is 8.18. The Kier molecular flexibility index (Phi) is 3.51. The number of alkyl halides is 2. The third-order valence-electron chi connectivity index (χ3n) is 1.67. The van der Waals surface area contributed by atoms with Gasteiger partial charge in [0.2, 0.25) is 0 Å². The second kappa shape index (κ2) is 4.44. The molecular weight excluding hydrogens is 213 g/mol. The highest BCUT2D eigenvalue weighted by Crippen LogP contribution is 2.26. The maximum Gasteiger partial charge on any atom is 0.278 e. The summed E-state index contributed by atoms with van der Waals surface area (Å²) >= 11 is 11.1. The van der Waals surface area contributed by atoms with Gasteiger partial charge >= 0.3 is 0 Å². The number of benzene rings is 1. The molecule has 70 valence electrons. The summed E-state index contributed by atoms with van der Waals surface area (Å²) in [7, 11) is 0. The molecule has 1 aromatic rings. The summed E-state index contributed by atoms with van der Waals surface area (Å²) in [4.78, 5) is 10.2. The van der Waals surface area contributed by atoms with Gasteiger partial charge in [-0.1, -0.05) is 18.2 Å². The van der Waals surface area contributed by atoms with Gasteiger partial charge in [0.05, 0.1) is 16.7 Å². The number of nitrogens with zero attached hydrogens (tertiary/aromatic N) is 1. The first-order valence-electron chi connectivity index (χ1n) is 3.57. The van der Waals surface area contributed by atoms with Crippen molar-refractivity contribution in [1.29, 1.82) is 0 Å².